The Balaban J connectivity index is 1.94. The van der Waals surface area contributed by atoms with E-state index in [0.717, 1.165) is 11.3 Å². The topological polar surface area (TPSA) is 60.5 Å². The normalized spacial score (nSPS) is 11.5. The first-order valence-electron chi connectivity index (χ1n) is 8.80. The largest absolute Gasteiger partial charge is 0.497 e. The number of methoxy groups -OCH3 is 1. The number of benzene rings is 2. The van der Waals surface area contributed by atoms with Gasteiger partial charge in [-0.3, -0.25) is 9.78 Å². The van der Waals surface area contributed by atoms with Gasteiger partial charge in [-0.05, 0) is 48.9 Å². The van der Waals surface area contributed by atoms with Gasteiger partial charge >= 0.3 is 0 Å². The van der Waals surface area contributed by atoms with Gasteiger partial charge in [0.05, 0.1) is 25.1 Å². The molecule has 138 valence electrons. The molecule has 0 saturated carbocycles. The number of hydrogen-bond acceptors (Lipinski definition) is 4. The molecule has 1 amide bonds. The molecule has 0 radical (unpaired) electrons. The van der Waals surface area contributed by atoms with Crippen LogP contribution in [-0.2, 0) is 4.79 Å². The van der Waals surface area contributed by atoms with Crippen molar-refractivity contribution in [2.45, 2.75) is 12.8 Å². The Labute approximate surface area is 159 Å². The van der Waals surface area contributed by atoms with Crippen LogP contribution in [0.15, 0.2) is 72.9 Å². The van der Waals surface area contributed by atoms with E-state index in [-0.39, 0.29) is 5.91 Å². The van der Waals surface area contributed by atoms with Crippen LogP contribution in [0.1, 0.15) is 24.1 Å². The van der Waals surface area contributed by atoms with Gasteiger partial charge in [-0.25, -0.2) is 0 Å². The first-order valence-corrected chi connectivity index (χ1v) is 8.80. The van der Waals surface area contributed by atoms with Crippen molar-refractivity contribution in [2.24, 2.45) is 0 Å². The number of ether oxygens (including phenoxy) is 2. The second-order valence-corrected chi connectivity index (χ2v) is 5.88. The maximum Gasteiger partial charge on any atom is 0.238 e. The second-order valence-electron chi connectivity index (χ2n) is 5.88. The molecule has 5 nitrogen and oxygen atoms in total. The zero-order valence-corrected chi connectivity index (χ0v) is 15.4. The number of rotatable bonds is 7. The second kappa shape index (κ2) is 8.85. The number of aromatic nitrogens is 1. The summed E-state index contributed by atoms with van der Waals surface area (Å²) in [5, 5.41) is 2.99. The zero-order chi connectivity index (χ0) is 19.1. The molecule has 3 aromatic rings. The Morgan fingerprint density at radius 1 is 1.04 bits per heavy atom. The van der Waals surface area contributed by atoms with E-state index in [1.807, 2.05) is 73.7 Å². The predicted octanol–water partition coefficient (Wildman–Crippen LogP) is 4.26. The smallest absolute Gasteiger partial charge is 0.238 e. The molecule has 5 heteroatoms. The van der Waals surface area contributed by atoms with E-state index in [1.54, 1.807) is 13.3 Å². The Kier molecular flexibility index (Phi) is 6.05. The highest BCUT2D eigenvalue weighted by Gasteiger charge is 2.25. The van der Waals surface area contributed by atoms with Crippen LogP contribution in [0.4, 0.5) is 5.69 Å². The first kappa shape index (κ1) is 18.5. The summed E-state index contributed by atoms with van der Waals surface area (Å²) in [6, 6.07) is 20.4. The van der Waals surface area contributed by atoms with E-state index in [9.17, 15) is 4.79 Å². The van der Waals surface area contributed by atoms with Crippen molar-refractivity contribution in [3.63, 3.8) is 0 Å². The summed E-state index contributed by atoms with van der Waals surface area (Å²) < 4.78 is 10.8. The summed E-state index contributed by atoms with van der Waals surface area (Å²) in [6.07, 6.45) is 1.69. The minimum absolute atomic E-state index is 0.175. The molecule has 1 atom stereocenters. The fraction of sp³-hybridized carbons (Fsp3) is 0.182. The highest BCUT2D eigenvalue weighted by atomic mass is 16.5. The number of nitrogens with zero attached hydrogens (tertiary/aromatic N) is 1. The highest BCUT2D eigenvalue weighted by Crippen LogP contribution is 2.29. The number of carbonyl (C=O) groups is 1. The molecule has 1 heterocycles. The molecule has 1 unspecified atom stereocenters. The maximum absolute atomic E-state index is 13.2. The number of amides is 1. The standard InChI is InChI=1S/C22H22N2O3/c1-3-27-20-10-5-4-8-18(20)24-22(25)21(19-9-6-7-15-23-19)16-11-13-17(26-2)14-12-16/h4-15,21H,3H2,1-2H3,(H,24,25). The van der Waals surface area contributed by atoms with E-state index in [0.29, 0.717) is 23.7 Å². The molecule has 2 aromatic carbocycles. The number of anilines is 1. The summed E-state index contributed by atoms with van der Waals surface area (Å²) in [5.41, 5.74) is 2.15. The lowest BCUT2D eigenvalue weighted by molar-refractivity contribution is -0.116. The molecule has 0 spiro atoms. The van der Waals surface area contributed by atoms with Crippen LogP contribution in [0.2, 0.25) is 0 Å². The lowest BCUT2D eigenvalue weighted by atomic mass is 9.94. The summed E-state index contributed by atoms with van der Waals surface area (Å²) in [4.78, 5) is 17.6. The number of nitrogens with one attached hydrogen (secondary N) is 1. The van der Waals surface area contributed by atoms with E-state index in [2.05, 4.69) is 10.3 Å². The van der Waals surface area contributed by atoms with Crippen molar-refractivity contribution in [3.05, 3.63) is 84.2 Å². The van der Waals surface area contributed by atoms with Crippen LogP contribution >= 0.6 is 0 Å². The molecule has 27 heavy (non-hydrogen) atoms. The highest BCUT2D eigenvalue weighted by molar-refractivity contribution is 5.98. The van der Waals surface area contributed by atoms with Crippen molar-refractivity contribution < 1.29 is 14.3 Å². The van der Waals surface area contributed by atoms with Crippen LogP contribution < -0.4 is 14.8 Å². The summed E-state index contributed by atoms with van der Waals surface area (Å²) in [7, 11) is 1.61. The fourth-order valence-corrected chi connectivity index (χ4v) is 2.86. The van der Waals surface area contributed by atoms with Crippen molar-refractivity contribution in [1.82, 2.24) is 4.98 Å². The number of hydrogen-bond donors (Lipinski definition) is 1. The molecular formula is C22H22N2O3. The molecule has 0 saturated heterocycles. The number of carbonyl (C=O) groups excluding carboxylic acids is 1. The average molecular weight is 362 g/mol. The van der Waals surface area contributed by atoms with Gasteiger partial charge in [0, 0.05) is 6.20 Å². The molecule has 0 aliphatic rings. The van der Waals surface area contributed by atoms with E-state index < -0.39 is 5.92 Å². The van der Waals surface area contributed by atoms with Gasteiger partial charge in [0.2, 0.25) is 5.91 Å². The average Bonchev–Trinajstić information content (AvgIpc) is 2.71. The summed E-state index contributed by atoms with van der Waals surface area (Å²) in [5.74, 6) is 0.654. The van der Waals surface area contributed by atoms with Crippen molar-refractivity contribution >= 4 is 11.6 Å². The van der Waals surface area contributed by atoms with E-state index in [1.165, 1.54) is 0 Å². The lowest BCUT2D eigenvalue weighted by Crippen LogP contribution is -2.23. The van der Waals surface area contributed by atoms with Crippen LogP contribution in [0.5, 0.6) is 11.5 Å². The van der Waals surface area contributed by atoms with Crippen molar-refractivity contribution in [3.8, 4) is 11.5 Å². The minimum Gasteiger partial charge on any atom is -0.497 e. The van der Waals surface area contributed by atoms with Crippen LogP contribution in [0.3, 0.4) is 0 Å². The van der Waals surface area contributed by atoms with Gasteiger partial charge in [0.1, 0.15) is 17.4 Å². The van der Waals surface area contributed by atoms with Crippen molar-refractivity contribution in [2.75, 3.05) is 19.0 Å². The summed E-state index contributed by atoms with van der Waals surface area (Å²) >= 11 is 0. The molecule has 1 aromatic heterocycles. The van der Waals surface area contributed by atoms with Gasteiger partial charge in [0.15, 0.2) is 0 Å². The van der Waals surface area contributed by atoms with Crippen LogP contribution in [-0.4, -0.2) is 24.6 Å². The first-order chi connectivity index (χ1) is 13.2. The molecule has 1 N–H and O–H groups in total. The molecular weight excluding hydrogens is 340 g/mol. The fourth-order valence-electron chi connectivity index (χ4n) is 2.86. The molecule has 3 rings (SSSR count). The zero-order valence-electron chi connectivity index (χ0n) is 15.4. The Morgan fingerprint density at radius 2 is 1.78 bits per heavy atom. The number of pyridine rings is 1. The predicted molar refractivity (Wildman–Crippen MR) is 105 cm³/mol. The lowest BCUT2D eigenvalue weighted by Gasteiger charge is -2.18. The molecule has 0 fully saturated rings. The molecule has 0 aliphatic heterocycles. The van der Waals surface area contributed by atoms with Crippen molar-refractivity contribution in [1.29, 1.82) is 0 Å². The van der Waals surface area contributed by atoms with Gasteiger partial charge in [-0.15, -0.1) is 0 Å². The van der Waals surface area contributed by atoms with E-state index in [4.69, 9.17) is 9.47 Å². The van der Waals surface area contributed by atoms with Gasteiger partial charge < -0.3 is 14.8 Å². The quantitative estimate of drug-likeness (QED) is 0.682. The third kappa shape index (κ3) is 4.44. The Bertz CT molecular complexity index is 880. The third-order valence-electron chi connectivity index (χ3n) is 4.14. The Morgan fingerprint density at radius 3 is 2.44 bits per heavy atom. The maximum atomic E-state index is 13.2. The Hall–Kier alpha value is -3.34. The van der Waals surface area contributed by atoms with Gasteiger partial charge in [-0.1, -0.05) is 30.3 Å². The van der Waals surface area contributed by atoms with Crippen LogP contribution in [0.25, 0.3) is 0 Å². The molecule has 0 bridgehead atoms. The van der Waals surface area contributed by atoms with Gasteiger partial charge in [-0.2, -0.15) is 0 Å². The summed E-state index contributed by atoms with van der Waals surface area (Å²) in [6.45, 7) is 2.43. The monoisotopic (exact) mass is 362 g/mol. The SMILES string of the molecule is CCOc1ccccc1NC(=O)C(c1ccc(OC)cc1)c1ccccn1. The third-order valence-corrected chi connectivity index (χ3v) is 4.14. The van der Waals surface area contributed by atoms with Crippen LogP contribution in [0, 0.1) is 0 Å². The number of para-hydroxylation sites is 2. The molecule has 0 aliphatic carbocycles. The minimum atomic E-state index is -0.549. The van der Waals surface area contributed by atoms with Gasteiger partial charge in [0.25, 0.3) is 0 Å². The van der Waals surface area contributed by atoms with E-state index >= 15 is 0 Å².